The maximum Gasteiger partial charge on any atom is 0.322 e. The number of carbonyl (C=O) groups is 1. The number of aryl methyl sites for hydroxylation is 1. The molecule has 0 unspecified atom stereocenters. The van der Waals surface area contributed by atoms with Crippen LogP contribution in [0.5, 0.6) is 5.75 Å². The Labute approximate surface area is 176 Å². The first-order valence-electron chi connectivity index (χ1n) is 9.34. The van der Waals surface area contributed by atoms with Crippen molar-refractivity contribution in [3.8, 4) is 5.75 Å². The third kappa shape index (κ3) is 5.87. The lowest BCUT2D eigenvalue weighted by Crippen LogP contribution is -2.34. The number of anilines is 1. The van der Waals surface area contributed by atoms with Crippen molar-refractivity contribution >= 4 is 21.8 Å². The van der Waals surface area contributed by atoms with Gasteiger partial charge in [-0.05, 0) is 60.9 Å². The minimum absolute atomic E-state index is 0.221. The maximum atomic E-state index is 13.0. The molecule has 30 heavy (non-hydrogen) atoms. The highest BCUT2D eigenvalue weighted by Crippen LogP contribution is 2.21. The number of amides is 2. The van der Waals surface area contributed by atoms with E-state index in [1.165, 1.54) is 0 Å². The molecule has 1 N–H and O–H groups in total. The van der Waals surface area contributed by atoms with E-state index in [9.17, 15) is 13.2 Å². The van der Waals surface area contributed by atoms with E-state index in [1.54, 1.807) is 47.6 Å². The van der Waals surface area contributed by atoms with Crippen molar-refractivity contribution in [2.24, 2.45) is 0 Å². The van der Waals surface area contributed by atoms with Crippen molar-refractivity contribution in [1.29, 1.82) is 0 Å². The van der Waals surface area contributed by atoms with Gasteiger partial charge < -0.3 is 18.8 Å². The van der Waals surface area contributed by atoms with E-state index in [4.69, 9.17) is 8.60 Å². The molecular formula is C22H24N2O5S. The molecular weight excluding hydrogens is 404 g/mol. The molecule has 0 atom stereocenters. The standard InChI is InChI=1S/C22H24N2O5S/c1-16-6-4-8-21(17(16)2)23-22(25)24(15-20-7-5-13-28-20)14-18-9-11-19(12-10-18)29-30(3,26)27/h4-13H,14-15H2,1-3H3,(H,23,25). The Bertz CT molecular complexity index is 1110. The predicted octanol–water partition coefficient (Wildman–Crippen LogP) is 4.47. The van der Waals surface area contributed by atoms with Crippen molar-refractivity contribution in [1.82, 2.24) is 4.90 Å². The lowest BCUT2D eigenvalue weighted by atomic mass is 10.1. The molecule has 0 aliphatic carbocycles. The number of hydrogen-bond acceptors (Lipinski definition) is 5. The van der Waals surface area contributed by atoms with Crippen LogP contribution in [0.1, 0.15) is 22.5 Å². The molecule has 0 spiro atoms. The fourth-order valence-corrected chi connectivity index (χ4v) is 3.38. The van der Waals surface area contributed by atoms with Crippen molar-refractivity contribution in [2.45, 2.75) is 26.9 Å². The third-order valence-electron chi connectivity index (χ3n) is 4.60. The second-order valence-electron chi connectivity index (χ2n) is 7.04. The Hall–Kier alpha value is -3.26. The molecule has 2 aromatic carbocycles. The number of nitrogens with zero attached hydrogens (tertiary/aromatic N) is 1. The number of nitrogens with one attached hydrogen (secondary N) is 1. The minimum atomic E-state index is -3.59. The first kappa shape index (κ1) is 21.4. The van der Waals surface area contributed by atoms with Crippen molar-refractivity contribution in [2.75, 3.05) is 11.6 Å². The van der Waals surface area contributed by atoms with Gasteiger partial charge in [0.1, 0.15) is 11.5 Å². The molecule has 0 saturated carbocycles. The van der Waals surface area contributed by atoms with Gasteiger partial charge in [-0.15, -0.1) is 0 Å². The fraction of sp³-hybridized carbons (Fsp3) is 0.227. The number of benzene rings is 2. The Morgan fingerprint density at radius 2 is 1.77 bits per heavy atom. The van der Waals surface area contributed by atoms with Crippen LogP contribution in [0.15, 0.2) is 65.3 Å². The first-order chi connectivity index (χ1) is 14.2. The molecule has 0 aliphatic heterocycles. The molecule has 1 heterocycles. The predicted molar refractivity (Wildman–Crippen MR) is 115 cm³/mol. The van der Waals surface area contributed by atoms with Gasteiger partial charge in [0, 0.05) is 12.2 Å². The number of rotatable bonds is 7. The highest BCUT2D eigenvalue weighted by molar-refractivity contribution is 7.86. The molecule has 2 amide bonds. The summed E-state index contributed by atoms with van der Waals surface area (Å²) in [6.45, 7) is 4.54. The Morgan fingerprint density at radius 1 is 1.03 bits per heavy atom. The lowest BCUT2D eigenvalue weighted by molar-refractivity contribution is 0.201. The molecule has 0 radical (unpaired) electrons. The summed E-state index contributed by atoms with van der Waals surface area (Å²) in [5, 5.41) is 2.97. The van der Waals surface area contributed by atoms with Gasteiger partial charge in [0.15, 0.2) is 0 Å². The van der Waals surface area contributed by atoms with E-state index < -0.39 is 10.1 Å². The number of urea groups is 1. The lowest BCUT2D eigenvalue weighted by Gasteiger charge is -2.23. The van der Waals surface area contributed by atoms with Gasteiger partial charge >= 0.3 is 16.1 Å². The maximum absolute atomic E-state index is 13.0. The SMILES string of the molecule is Cc1cccc(NC(=O)N(Cc2ccc(OS(C)(=O)=O)cc2)Cc2ccco2)c1C. The molecule has 0 bridgehead atoms. The van der Waals surface area contributed by atoms with E-state index in [0.29, 0.717) is 12.3 Å². The van der Waals surface area contributed by atoms with Crippen LogP contribution in [0, 0.1) is 13.8 Å². The Morgan fingerprint density at radius 3 is 2.40 bits per heavy atom. The fourth-order valence-electron chi connectivity index (χ4n) is 2.92. The zero-order valence-electron chi connectivity index (χ0n) is 17.1. The van der Waals surface area contributed by atoms with E-state index in [-0.39, 0.29) is 18.3 Å². The van der Waals surface area contributed by atoms with Gasteiger partial charge in [0.2, 0.25) is 0 Å². The van der Waals surface area contributed by atoms with E-state index in [0.717, 1.165) is 28.6 Å². The van der Waals surface area contributed by atoms with Gasteiger partial charge in [0.25, 0.3) is 0 Å². The van der Waals surface area contributed by atoms with E-state index in [1.807, 2.05) is 32.0 Å². The molecule has 0 fully saturated rings. The first-order valence-corrected chi connectivity index (χ1v) is 11.2. The largest absolute Gasteiger partial charge is 0.467 e. The Kier molecular flexibility index (Phi) is 6.47. The van der Waals surface area contributed by atoms with Crippen molar-refractivity contribution in [3.05, 3.63) is 83.3 Å². The second-order valence-corrected chi connectivity index (χ2v) is 8.62. The summed E-state index contributed by atoms with van der Waals surface area (Å²) < 4.78 is 32.8. The highest BCUT2D eigenvalue weighted by atomic mass is 32.2. The van der Waals surface area contributed by atoms with Gasteiger partial charge in [0.05, 0.1) is 19.1 Å². The molecule has 158 valence electrons. The summed E-state index contributed by atoms with van der Waals surface area (Å²) in [7, 11) is -3.59. The van der Waals surface area contributed by atoms with Crippen LogP contribution in [0.2, 0.25) is 0 Å². The summed E-state index contributed by atoms with van der Waals surface area (Å²) in [6.07, 6.45) is 2.55. The van der Waals surface area contributed by atoms with Crippen LogP contribution in [-0.2, 0) is 23.2 Å². The van der Waals surface area contributed by atoms with Gasteiger partial charge in [-0.1, -0.05) is 24.3 Å². The third-order valence-corrected chi connectivity index (χ3v) is 5.10. The topological polar surface area (TPSA) is 88.9 Å². The molecule has 1 aromatic heterocycles. The van der Waals surface area contributed by atoms with Gasteiger partial charge in [-0.25, -0.2) is 4.79 Å². The summed E-state index contributed by atoms with van der Waals surface area (Å²) in [4.78, 5) is 14.6. The average Bonchev–Trinajstić information content (AvgIpc) is 3.18. The molecule has 3 rings (SSSR count). The minimum Gasteiger partial charge on any atom is -0.467 e. The number of hydrogen-bond donors (Lipinski definition) is 1. The summed E-state index contributed by atoms with van der Waals surface area (Å²) in [6, 6.07) is 15.6. The monoisotopic (exact) mass is 428 g/mol. The van der Waals surface area contributed by atoms with E-state index >= 15 is 0 Å². The molecule has 0 saturated heterocycles. The normalized spacial score (nSPS) is 11.2. The molecule has 7 nitrogen and oxygen atoms in total. The summed E-state index contributed by atoms with van der Waals surface area (Å²) in [5.74, 6) is 0.877. The second kappa shape index (κ2) is 9.04. The van der Waals surface area contributed by atoms with Crippen LogP contribution in [0.25, 0.3) is 0 Å². The van der Waals surface area contributed by atoms with Gasteiger partial charge in [-0.2, -0.15) is 8.42 Å². The quantitative estimate of drug-likeness (QED) is 0.561. The average molecular weight is 429 g/mol. The van der Waals surface area contributed by atoms with Gasteiger partial charge in [-0.3, -0.25) is 0 Å². The molecule has 0 aliphatic rings. The number of furan rings is 1. The van der Waals surface area contributed by atoms with Crippen LogP contribution in [0.3, 0.4) is 0 Å². The van der Waals surface area contributed by atoms with E-state index in [2.05, 4.69) is 5.32 Å². The zero-order chi connectivity index (χ0) is 21.7. The van der Waals surface area contributed by atoms with Crippen molar-refractivity contribution < 1.29 is 21.8 Å². The van der Waals surface area contributed by atoms with Crippen molar-refractivity contribution in [3.63, 3.8) is 0 Å². The Balaban J connectivity index is 1.78. The van der Waals surface area contributed by atoms with Crippen LogP contribution in [-0.4, -0.2) is 25.6 Å². The van der Waals surface area contributed by atoms with Crippen LogP contribution < -0.4 is 9.50 Å². The highest BCUT2D eigenvalue weighted by Gasteiger charge is 2.17. The summed E-state index contributed by atoms with van der Waals surface area (Å²) in [5.41, 5.74) is 3.66. The van der Waals surface area contributed by atoms with Crippen LogP contribution in [0.4, 0.5) is 10.5 Å². The molecule has 8 heteroatoms. The summed E-state index contributed by atoms with van der Waals surface area (Å²) >= 11 is 0. The molecule has 3 aromatic rings. The van der Waals surface area contributed by atoms with Crippen LogP contribution >= 0.6 is 0 Å². The smallest absolute Gasteiger partial charge is 0.322 e. The number of carbonyl (C=O) groups excluding carboxylic acids is 1. The zero-order valence-corrected chi connectivity index (χ0v) is 17.9.